The smallest absolute Gasteiger partial charge is 0.253 e. The van der Waals surface area contributed by atoms with Crippen LogP contribution in [-0.2, 0) is 11.3 Å². The fraction of sp³-hybridized carbons (Fsp3) is 0.278. The van der Waals surface area contributed by atoms with Gasteiger partial charge in [-0.05, 0) is 31.0 Å². The molecule has 3 rings (SSSR count). The Morgan fingerprint density at radius 1 is 1.32 bits per heavy atom. The molecule has 1 fully saturated rings. The molecule has 0 radical (unpaired) electrons. The van der Waals surface area contributed by atoms with Gasteiger partial charge in [0.15, 0.2) is 0 Å². The summed E-state index contributed by atoms with van der Waals surface area (Å²) in [4.78, 5) is 30.1. The van der Waals surface area contributed by atoms with E-state index >= 15 is 0 Å². The highest BCUT2D eigenvalue weighted by Crippen LogP contribution is 2.18. The molecule has 130 valence electrons. The van der Waals surface area contributed by atoms with Gasteiger partial charge in [0.2, 0.25) is 5.91 Å². The van der Waals surface area contributed by atoms with E-state index < -0.39 is 17.7 Å². The second-order valence-electron chi connectivity index (χ2n) is 5.91. The van der Waals surface area contributed by atoms with Crippen LogP contribution in [0.5, 0.6) is 0 Å². The first-order valence-electron chi connectivity index (χ1n) is 7.98. The number of amides is 2. The summed E-state index contributed by atoms with van der Waals surface area (Å²) in [5.41, 5.74) is 0.617. The molecule has 5 nitrogen and oxygen atoms in total. The molecule has 0 saturated carbocycles. The number of hydrogen-bond donors (Lipinski definition) is 1. The monoisotopic (exact) mass is 345 g/mol. The summed E-state index contributed by atoms with van der Waals surface area (Å²) in [6.45, 7) is 0.513. The fourth-order valence-corrected chi connectivity index (χ4v) is 2.83. The summed E-state index contributed by atoms with van der Waals surface area (Å²) in [6, 6.07) is 5.88. The topological polar surface area (TPSA) is 62.3 Å². The molecule has 0 unspecified atom stereocenters. The number of halogens is 2. The number of carbonyl (C=O) groups is 2. The molecule has 1 N–H and O–H groups in total. The predicted octanol–water partition coefficient (Wildman–Crippen LogP) is 2.28. The van der Waals surface area contributed by atoms with E-state index in [0.29, 0.717) is 24.9 Å². The minimum Gasteiger partial charge on any atom is -0.340 e. The van der Waals surface area contributed by atoms with Gasteiger partial charge in [0.1, 0.15) is 17.7 Å². The van der Waals surface area contributed by atoms with E-state index in [2.05, 4.69) is 10.3 Å². The Labute approximate surface area is 143 Å². The molecule has 2 amide bonds. The maximum atomic E-state index is 13.8. The molecule has 2 aromatic rings. The third kappa shape index (κ3) is 3.99. The number of carbonyl (C=O) groups excluding carboxylic acids is 2. The van der Waals surface area contributed by atoms with Crippen LogP contribution in [0.2, 0.25) is 0 Å². The zero-order chi connectivity index (χ0) is 17.8. The van der Waals surface area contributed by atoms with Crippen LogP contribution < -0.4 is 5.32 Å². The lowest BCUT2D eigenvalue weighted by atomic mass is 10.0. The van der Waals surface area contributed by atoms with Crippen LogP contribution >= 0.6 is 0 Å². The molecule has 0 aliphatic carbocycles. The predicted molar refractivity (Wildman–Crippen MR) is 86.5 cm³/mol. The Kier molecular flexibility index (Phi) is 5.02. The molecular formula is C18H17F2N3O2. The van der Waals surface area contributed by atoms with Gasteiger partial charge in [-0.15, -0.1) is 0 Å². The number of nitrogens with zero attached hydrogens (tertiary/aromatic N) is 2. The van der Waals surface area contributed by atoms with Crippen molar-refractivity contribution in [3.8, 4) is 0 Å². The van der Waals surface area contributed by atoms with Crippen molar-refractivity contribution in [3.05, 3.63) is 65.5 Å². The van der Waals surface area contributed by atoms with Crippen LogP contribution in [0, 0.1) is 11.6 Å². The first-order valence-corrected chi connectivity index (χ1v) is 7.98. The number of hydrogen-bond acceptors (Lipinski definition) is 3. The van der Waals surface area contributed by atoms with E-state index in [1.54, 1.807) is 18.3 Å². The van der Waals surface area contributed by atoms with Gasteiger partial charge < -0.3 is 10.2 Å². The Bertz CT molecular complexity index is 783. The average Bonchev–Trinajstić information content (AvgIpc) is 2.61. The van der Waals surface area contributed by atoms with E-state index in [1.807, 2.05) is 0 Å². The molecule has 1 saturated heterocycles. The molecule has 1 aliphatic rings. The first-order chi connectivity index (χ1) is 12.0. The molecule has 1 atom stereocenters. The van der Waals surface area contributed by atoms with Crippen LogP contribution in [0.15, 0.2) is 42.7 Å². The van der Waals surface area contributed by atoms with Gasteiger partial charge in [0.25, 0.3) is 5.91 Å². The van der Waals surface area contributed by atoms with E-state index in [9.17, 15) is 18.4 Å². The fourth-order valence-electron chi connectivity index (χ4n) is 2.83. The van der Waals surface area contributed by atoms with E-state index in [4.69, 9.17) is 0 Å². The van der Waals surface area contributed by atoms with Crippen molar-refractivity contribution >= 4 is 11.8 Å². The average molecular weight is 345 g/mol. The minimum atomic E-state index is -0.686. The molecule has 1 aliphatic heterocycles. The van der Waals surface area contributed by atoms with Gasteiger partial charge in [-0.3, -0.25) is 14.6 Å². The largest absolute Gasteiger partial charge is 0.340 e. The summed E-state index contributed by atoms with van der Waals surface area (Å²) >= 11 is 0. The highest BCUT2D eigenvalue weighted by molar-refractivity contribution is 5.97. The molecule has 1 aromatic heterocycles. The molecule has 25 heavy (non-hydrogen) atoms. The van der Waals surface area contributed by atoms with Crippen molar-refractivity contribution in [2.45, 2.75) is 25.4 Å². The summed E-state index contributed by atoms with van der Waals surface area (Å²) in [5.74, 6) is -1.99. The van der Waals surface area contributed by atoms with Crippen molar-refractivity contribution in [3.63, 3.8) is 0 Å². The number of rotatable bonds is 4. The van der Waals surface area contributed by atoms with Crippen molar-refractivity contribution < 1.29 is 18.4 Å². The highest BCUT2D eigenvalue weighted by Gasteiger charge is 2.30. The first kappa shape index (κ1) is 17.0. The zero-order valence-electron chi connectivity index (χ0n) is 13.4. The summed E-state index contributed by atoms with van der Waals surface area (Å²) < 4.78 is 26.8. The number of nitrogens with one attached hydrogen (secondary N) is 1. The SMILES string of the molecule is O=C(N[C@@H]1CCCN(Cc2ccc(F)cc2F)C1=O)c1cccnc1. The Morgan fingerprint density at radius 3 is 2.88 bits per heavy atom. The standard InChI is InChI=1S/C18H17F2N3O2/c19-14-6-5-13(15(20)9-14)11-23-8-2-4-16(18(23)25)22-17(24)12-3-1-7-21-10-12/h1,3,5-7,9-10,16H,2,4,8,11H2,(H,22,24)/t16-/m1/s1. The third-order valence-corrected chi connectivity index (χ3v) is 4.14. The van der Waals surface area contributed by atoms with E-state index in [1.165, 1.54) is 17.2 Å². The third-order valence-electron chi connectivity index (χ3n) is 4.14. The number of aromatic nitrogens is 1. The van der Waals surface area contributed by atoms with Gasteiger partial charge in [-0.2, -0.15) is 0 Å². The summed E-state index contributed by atoms with van der Waals surface area (Å²) in [6.07, 6.45) is 4.19. The number of pyridine rings is 1. The summed E-state index contributed by atoms with van der Waals surface area (Å²) in [7, 11) is 0. The van der Waals surface area contributed by atoms with Gasteiger partial charge >= 0.3 is 0 Å². The maximum Gasteiger partial charge on any atom is 0.253 e. The highest BCUT2D eigenvalue weighted by atomic mass is 19.1. The van der Waals surface area contributed by atoms with Crippen molar-refractivity contribution in [2.24, 2.45) is 0 Å². The van der Waals surface area contributed by atoms with Crippen molar-refractivity contribution in [1.29, 1.82) is 0 Å². The maximum absolute atomic E-state index is 13.8. The van der Waals surface area contributed by atoms with E-state index in [-0.39, 0.29) is 23.9 Å². The Hall–Kier alpha value is -2.83. The molecule has 0 bridgehead atoms. The zero-order valence-corrected chi connectivity index (χ0v) is 13.4. The lowest BCUT2D eigenvalue weighted by molar-refractivity contribution is -0.136. The van der Waals surface area contributed by atoms with Gasteiger partial charge in [-0.1, -0.05) is 6.07 Å². The van der Waals surface area contributed by atoms with Crippen LogP contribution in [0.25, 0.3) is 0 Å². The van der Waals surface area contributed by atoms with Crippen molar-refractivity contribution in [1.82, 2.24) is 15.2 Å². The molecular weight excluding hydrogens is 328 g/mol. The van der Waals surface area contributed by atoms with Gasteiger partial charge in [-0.25, -0.2) is 8.78 Å². The van der Waals surface area contributed by atoms with Gasteiger partial charge in [0, 0.05) is 37.1 Å². The number of piperidine rings is 1. The lowest BCUT2D eigenvalue weighted by Gasteiger charge is -2.32. The van der Waals surface area contributed by atoms with Crippen LogP contribution in [0.1, 0.15) is 28.8 Å². The van der Waals surface area contributed by atoms with Crippen LogP contribution in [-0.4, -0.2) is 34.3 Å². The number of benzene rings is 1. The second-order valence-corrected chi connectivity index (χ2v) is 5.91. The molecule has 0 spiro atoms. The molecule has 2 heterocycles. The minimum absolute atomic E-state index is 0.0458. The normalized spacial score (nSPS) is 17.4. The Balaban J connectivity index is 1.67. The summed E-state index contributed by atoms with van der Waals surface area (Å²) in [5, 5.41) is 2.70. The molecule has 1 aromatic carbocycles. The molecule has 7 heteroatoms. The Morgan fingerprint density at radius 2 is 2.16 bits per heavy atom. The van der Waals surface area contributed by atoms with Crippen molar-refractivity contribution in [2.75, 3.05) is 6.54 Å². The van der Waals surface area contributed by atoms with Crippen LogP contribution in [0.3, 0.4) is 0 Å². The second kappa shape index (κ2) is 7.38. The van der Waals surface area contributed by atoms with Gasteiger partial charge in [0.05, 0.1) is 5.56 Å². The van der Waals surface area contributed by atoms with E-state index in [0.717, 1.165) is 12.1 Å². The number of likely N-dealkylation sites (tertiary alicyclic amines) is 1. The van der Waals surface area contributed by atoms with Crippen LogP contribution in [0.4, 0.5) is 8.78 Å². The lowest BCUT2D eigenvalue weighted by Crippen LogP contribution is -2.52. The quantitative estimate of drug-likeness (QED) is 0.925.